The molecule has 1 N–H and O–H groups in total. The molecule has 0 spiro atoms. The van der Waals surface area contributed by atoms with Crippen molar-refractivity contribution in [2.75, 3.05) is 6.79 Å². The zero-order chi connectivity index (χ0) is 14.6. The van der Waals surface area contributed by atoms with Gasteiger partial charge in [0.2, 0.25) is 0 Å². The van der Waals surface area contributed by atoms with Gasteiger partial charge in [-0.25, -0.2) is 0 Å². The molecule has 0 aliphatic rings. The lowest BCUT2D eigenvalue weighted by Gasteiger charge is -2.01. The molecule has 20 heavy (non-hydrogen) atoms. The van der Waals surface area contributed by atoms with E-state index in [9.17, 15) is 0 Å². The van der Waals surface area contributed by atoms with E-state index in [1.165, 1.54) is 12.5 Å². The zero-order valence-corrected chi connectivity index (χ0v) is 11.4. The van der Waals surface area contributed by atoms with Crippen molar-refractivity contribution < 1.29 is 14.0 Å². The summed E-state index contributed by atoms with van der Waals surface area (Å²) in [6.07, 6.45) is 13.3. The van der Waals surface area contributed by atoms with Crippen molar-refractivity contribution in [3.8, 4) is 0 Å². The molecular formula is C16H19N2O2+. The Kier molecular flexibility index (Phi) is 7.38. The van der Waals surface area contributed by atoms with Crippen LogP contribution in [-0.2, 0) is 16.2 Å². The molecule has 0 atom stereocenters. The Morgan fingerprint density at radius 3 is 2.65 bits per heavy atom. The van der Waals surface area contributed by atoms with Crippen LogP contribution in [0.4, 0.5) is 0 Å². The Morgan fingerprint density at radius 2 is 2.05 bits per heavy atom. The lowest BCUT2D eigenvalue weighted by molar-refractivity contribution is -0.734. The summed E-state index contributed by atoms with van der Waals surface area (Å²) in [6.45, 7) is 7.89. The second-order valence-electron chi connectivity index (χ2n) is 3.81. The van der Waals surface area contributed by atoms with Gasteiger partial charge in [0.25, 0.3) is 6.73 Å². The van der Waals surface area contributed by atoms with Crippen molar-refractivity contribution >= 4 is 12.3 Å². The van der Waals surface area contributed by atoms with E-state index >= 15 is 0 Å². The Bertz CT molecular complexity index is 502. The van der Waals surface area contributed by atoms with Gasteiger partial charge >= 0.3 is 0 Å². The highest BCUT2D eigenvalue weighted by molar-refractivity contribution is 5.70. The second kappa shape index (κ2) is 9.47. The summed E-state index contributed by atoms with van der Waals surface area (Å²) in [7, 11) is 0. The fourth-order valence-electron chi connectivity index (χ4n) is 1.34. The lowest BCUT2D eigenvalue weighted by atomic mass is 10.2. The third kappa shape index (κ3) is 5.93. The van der Waals surface area contributed by atoms with Crippen LogP contribution in [0.1, 0.15) is 5.56 Å². The number of nitrogens with one attached hydrogen (secondary N) is 1. The Morgan fingerprint density at radius 1 is 1.30 bits per heavy atom. The van der Waals surface area contributed by atoms with Gasteiger partial charge < -0.3 is 10.1 Å². The molecule has 4 heteroatoms. The molecule has 0 aliphatic carbocycles. The van der Waals surface area contributed by atoms with E-state index in [-0.39, 0.29) is 6.79 Å². The average Bonchev–Trinajstić information content (AvgIpc) is 2.50. The first kappa shape index (κ1) is 15.6. The number of hydrogen-bond donors (Lipinski definition) is 1. The summed E-state index contributed by atoms with van der Waals surface area (Å²) in [5, 5.41) is 6.95. The van der Waals surface area contributed by atoms with Crippen LogP contribution in [0.2, 0.25) is 0 Å². The molecule has 0 unspecified atom stereocenters. The molecule has 0 saturated carbocycles. The van der Waals surface area contributed by atoms with Crippen LogP contribution in [0.25, 0.3) is 6.08 Å². The molecule has 4 nitrogen and oxygen atoms in total. The number of pyridine rings is 1. The molecule has 0 saturated heterocycles. The minimum atomic E-state index is 0.154. The highest BCUT2D eigenvalue weighted by atomic mass is 16.7. The van der Waals surface area contributed by atoms with Crippen LogP contribution >= 0.6 is 0 Å². The first-order valence-corrected chi connectivity index (χ1v) is 6.10. The minimum Gasteiger partial charge on any atom is -0.475 e. The second-order valence-corrected chi connectivity index (χ2v) is 3.81. The van der Waals surface area contributed by atoms with Crippen molar-refractivity contribution in [1.29, 1.82) is 5.41 Å². The molecule has 0 aromatic carbocycles. The van der Waals surface area contributed by atoms with E-state index < -0.39 is 0 Å². The summed E-state index contributed by atoms with van der Waals surface area (Å²) in [6, 6.07) is 3.91. The number of hydrogen-bond acceptors (Lipinski definition) is 3. The lowest BCUT2D eigenvalue weighted by Crippen LogP contribution is -2.34. The predicted molar refractivity (Wildman–Crippen MR) is 80.0 cm³/mol. The first-order chi connectivity index (χ1) is 9.80. The van der Waals surface area contributed by atoms with E-state index in [1.54, 1.807) is 24.3 Å². The molecule has 1 aromatic heterocycles. The summed E-state index contributed by atoms with van der Waals surface area (Å²) < 4.78 is 12.4. The fourth-order valence-corrected chi connectivity index (χ4v) is 1.34. The quantitative estimate of drug-likeness (QED) is 0.187. The van der Waals surface area contributed by atoms with Crippen molar-refractivity contribution in [3.63, 3.8) is 0 Å². The average molecular weight is 271 g/mol. The summed E-state index contributed by atoms with van der Waals surface area (Å²) in [5.74, 6) is 0. The van der Waals surface area contributed by atoms with E-state index in [4.69, 9.17) is 14.9 Å². The topological polar surface area (TPSA) is 46.2 Å². The van der Waals surface area contributed by atoms with E-state index in [1.807, 2.05) is 29.1 Å². The molecule has 0 amide bonds. The molecule has 0 aliphatic heterocycles. The standard InChI is InChI=1S/C16H19N2O2/c1-3-15(5-9-17)8-12-19-14-20-13-18-10-6-16(4-2)7-11-18/h3-12,17H,1-2,13-14H2/q+1/b12-8-,15-5-,17-9?. The maximum Gasteiger partial charge on any atom is 0.255 e. The van der Waals surface area contributed by atoms with E-state index in [0.29, 0.717) is 6.73 Å². The van der Waals surface area contributed by atoms with Crippen LogP contribution < -0.4 is 4.57 Å². The van der Waals surface area contributed by atoms with Crippen molar-refractivity contribution in [3.05, 3.63) is 73.3 Å². The molecule has 1 heterocycles. The van der Waals surface area contributed by atoms with Gasteiger partial charge in [-0.1, -0.05) is 25.3 Å². The molecule has 0 fully saturated rings. The SMILES string of the molecule is C=CC(/C=C\OCOC[n+]1ccc(C=C)cc1)=C/C=N. The van der Waals surface area contributed by atoms with Crippen LogP contribution in [0.5, 0.6) is 0 Å². The van der Waals surface area contributed by atoms with Crippen LogP contribution in [0, 0.1) is 5.41 Å². The van der Waals surface area contributed by atoms with E-state index in [2.05, 4.69) is 13.2 Å². The largest absolute Gasteiger partial charge is 0.475 e. The molecule has 104 valence electrons. The van der Waals surface area contributed by atoms with Gasteiger partial charge in [0.05, 0.1) is 6.26 Å². The van der Waals surface area contributed by atoms with Crippen molar-refractivity contribution in [2.24, 2.45) is 0 Å². The number of ether oxygens (including phenoxy) is 2. The third-order valence-corrected chi connectivity index (χ3v) is 2.41. The maximum atomic E-state index is 6.95. The van der Waals surface area contributed by atoms with Crippen LogP contribution in [0.15, 0.2) is 67.7 Å². The zero-order valence-electron chi connectivity index (χ0n) is 11.4. The Hall–Kier alpha value is -2.46. The van der Waals surface area contributed by atoms with Gasteiger partial charge in [0, 0.05) is 18.3 Å². The van der Waals surface area contributed by atoms with Gasteiger partial charge in [-0.05, 0) is 23.3 Å². The molecule has 0 radical (unpaired) electrons. The molecule has 0 bridgehead atoms. The fraction of sp³-hybridized carbons (Fsp3) is 0.125. The van der Waals surface area contributed by atoms with Gasteiger partial charge in [0.1, 0.15) is 0 Å². The van der Waals surface area contributed by atoms with Crippen LogP contribution in [-0.4, -0.2) is 13.0 Å². The van der Waals surface area contributed by atoms with Gasteiger partial charge in [-0.3, -0.25) is 4.74 Å². The first-order valence-electron chi connectivity index (χ1n) is 6.10. The number of nitrogens with zero attached hydrogens (tertiary/aromatic N) is 1. The molecular weight excluding hydrogens is 252 g/mol. The maximum absolute atomic E-state index is 6.95. The summed E-state index contributed by atoms with van der Waals surface area (Å²) in [4.78, 5) is 0. The molecule has 1 rings (SSSR count). The third-order valence-electron chi connectivity index (χ3n) is 2.41. The Balaban J connectivity index is 2.26. The summed E-state index contributed by atoms with van der Waals surface area (Å²) >= 11 is 0. The van der Waals surface area contributed by atoms with Gasteiger partial charge in [-0.2, -0.15) is 4.57 Å². The number of allylic oxidation sites excluding steroid dienone is 4. The highest BCUT2D eigenvalue weighted by Crippen LogP contribution is 1.97. The van der Waals surface area contributed by atoms with Crippen molar-refractivity contribution in [2.45, 2.75) is 6.73 Å². The highest BCUT2D eigenvalue weighted by Gasteiger charge is 1.98. The van der Waals surface area contributed by atoms with Gasteiger partial charge in [-0.15, -0.1) is 0 Å². The van der Waals surface area contributed by atoms with Crippen LogP contribution in [0.3, 0.4) is 0 Å². The minimum absolute atomic E-state index is 0.154. The predicted octanol–water partition coefficient (Wildman–Crippen LogP) is 2.84. The number of aromatic nitrogens is 1. The molecule has 1 aromatic rings. The van der Waals surface area contributed by atoms with E-state index in [0.717, 1.165) is 11.1 Å². The Labute approximate surface area is 119 Å². The summed E-state index contributed by atoms with van der Waals surface area (Å²) in [5.41, 5.74) is 1.87. The monoisotopic (exact) mass is 271 g/mol. The smallest absolute Gasteiger partial charge is 0.255 e. The number of rotatable bonds is 9. The van der Waals surface area contributed by atoms with Gasteiger partial charge in [0.15, 0.2) is 19.2 Å². The van der Waals surface area contributed by atoms with Crippen molar-refractivity contribution in [1.82, 2.24) is 0 Å². The normalized spacial score (nSPS) is 11.3.